The van der Waals surface area contributed by atoms with Gasteiger partial charge in [-0.2, -0.15) is 0 Å². The largest absolute Gasteiger partial charge is 0.377 e. The van der Waals surface area contributed by atoms with Crippen molar-refractivity contribution < 1.29 is 13.2 Å². The molecule has 0 aromatic heterocycles. The van der Waals surface area contributed by atoms with Gasteiger partial charge in [0.25, 0.3) is 0 Å². The Kier molecular flexibility index (Phi) is 4.50. The molecule has 0 saturated carbocycles. The molecule has 1 N–H and O–H groups in total. The molecule has 0 unspecified atom stereocenters. The number of hydrogen-bond donors (Lipinski definition) is 1. The summed E-state index contributed by atoms with van der Waals surface area (Å²) in [7, 11) is -3.70. The zero-order chi connectivity index (χ0) is 13.2. The molecule has 1 fully saturated rings. The number of ether oxygens (including phenoxy) is 1. The lowest BCUT2D eigenvalue weighted by Gasteiger charge is -2.13. The van der Waals surface area contributed by atoms with Crippen LogP contribution >= 0.6 is 23.2 Å². The van der Waals surface area contributed by atoms with E-state index in [9.17, 15) is 8.42 Å². The lowest BCUT2D eigenvalue weighted by atomic mass is 10.2. The van der Waals surface area contributed by atoms with Gasteiger partial charge in [-0.1, -0.05) is 29.3 Å². The Labute approximate surface area is 116 Å². The van der Waals surface area contributed by atoms with E-state index in [1.54, 1.807) is 6.07 Å². The van der Waals surface area contributed by atoms with E-state index in [4.69, 9.17) is 27.9 Å². The molecule has 1 atom stereocenters. The molecule has 7 heteroatoms. The zero-order valence-corrected chi connectivity index (χ0v) is 11.9. The summed E-state index contributed by atoms with van der Waals surface area (Å²) in [5, 5.41) is 0.227. The van der Waals surface area contributed by atoms with Crippen molar-refractivity contribution in [1.82, 2.24) is 4.72 Å². The van der Waals surface area contributed by atoms with Crippen LogP contribution in [-0.4, -0.2) is 27.7 Å². The summed E-state index contributed by atoms with van der Waals surface area (Å²) in [5.41, 5.74) is 0. The molecule has 1 saturated heterocycles. The highest BCUT2D eigenvalue weighted by Gasteiger charge is 2.24. The van der Waals surface area contributed by atoms with E-state index in [1.807, 2.05) is 0 Å². The lowest BCUT2D eigenvalue weighted by Crippen LogP contribution is -2.32. The molecule has 18 heavy (non-hydrogen) atoms. The Bertz CT molecular complexity index is 507. The van der Waals surface area contributed by atoms with Crippen LogP contribution < -0.4 is 4.72 Å². The minimum Gasteiger partial charge on any atom is -0.377 e. The first kappa shape index (κ1) is 14.1. The quantitative estimate of drug-likeness (QED) is 0.929. The van der Waals surface area contributed by atoms with Crippen molar-refractivity contribution in [2.24, 2.45) is 0 Å². The smallest absolute Gasteiger partial charge is 0.243 e. The summed E-state index contributed by atoms with van der Waals surface area (Å²) >= 11 is 11.7. The molecule has 0 aliphatic carbocycles. The first-order valence-corrected chi connectivity index (χ1v) is 7.80. The first-order valence-electron chi connectivity index (χ1n) is 5.56. The Hall–Kier alpha value is -0.330. The van der Waals surface area contributed by atoms with Crippen LogP contribution in [0.4, 0.5) is 0 Å². The normalized spacial score (nSPS) is 20.2. The third kappa shape index (κ3) is 3.16. The SMILES string of the molecule is O=S(=O)(NC[C@H]1CCCO1)c1c(Cl)cccc1Cl. The summed E-state index contributed by atoms with van der Waals surface area (Å²) in [6, 6.07) is 4.59. The van der Waals surface area contributed by atoms with E-state index in [0.717, 1.165) is 12.8 Å². The van der Waals surface area contributed by atoms with Gasteiger partial charge in [0.15, 0.2) is 0 Å². The van der Waals surface area contributed by atoms with Crippen LogP contribution in [0.3, 0.4) is 0 Å². The highest BCUT2D eigenvalue weighted by molar-refractivity contribution is 7.89. The minimum absolute atomic E-state index is 0.0685. The van der Waals surface area contributed by atoms with Gasteiger partial charge in [0, 0.05) is 13.2 Å². The summed E-state index contributed by atoms with van der Waals surface area (Å²) in [6.07, 6.45) is 1.75. The summed E-state index contributed by atoms with van der Waals surface area (Å²) in [6.45, 7) is 0.920. The van der Waals surface area contributed by atoms with Crippen molar-refractivity contribution in [3.8, 4) is 0 Å². The molecule has 0 spiro atoms. The van der Waals surface area contributed by atoms with Gasteiger partial charge in [-0.15, -0.1) is 0 Å². The second kappa shape index (κ2) is 5.75. The van der Waals surface area contributed by atoms with E-state index in [0.29, 0.717) is 6.61 Å². The Balaban J connectivity index is 2.15. The van der Waals surface area contributed by atoms with Crippen LogP contribution in [0.15, 0.2) is 23.1 Å². The molecule has 2 rings (SSSR count). The maximum atomic E-state index is 12.1. The number of halogens is 2. The van der Waals surface area contributed by atoms with Crippen LogP contribution in [0.2, 0.25) is 10.0 Å². The van der Waals surface area contributed by atoms with E-state index in [1.165, 1.54) is 12.1 Å². The topological polar surface area (TPSA) is 55.4 Å². The predicted octanol–water partition coefficient (Wildman–Crippen LogP) is 2.45. The first-order chi connectivity index (χ1) is 8.50. The van der Waals surface area contributed by atoms with Gasteiger partial charge in [-0.05, 0) is 25.0 Å². The van der Waals surface area contributed by atoms with E-state index in [2.05, 4.69) is 4.72 Å². The number of sulfonamides is 1. The molecule has 1 aromatic rings. The number of hydrogen-bond acceptors (Lipinski definition) is 3. The number of nitrogens with one attached hydrogen (secondary N) is 1. The maximum Gasteiger partial charge on any atom is 0.243 e. The molecule has 0 bridgehead atoms. The van der Waals surface area contributed by atoms with Gasteiger partial charge in [0.05, 0.1) is 16.1 Å². The fraction of sp³-hybridized carbons (Fsp3) is 0.455. The third-order valence-electron chi connectivity index (χ3n) is 2.71. The van der Waals surface area contributed by atoms with Crippen LogP contribution in [0.1, 0.15) is 12.8 Å². The monoisotopic (exact) mass is 309 g/mol. The van der Waals surface area contributed by atoms with E-state index in [-0.39, 0.29) is 27.6 Å². The van der Waals surface area contributed by atoms with Gasteiger partial charge in [0.2, 0.25) is 10.0 Å². The van der Waals surface area contributed by atoms with E-state index < -0.39 is 10.0 Å². The standard InChI is InChI=1S/C11H13Cl2NO3S/c12-9-4-1-5-10(13)11(9)18(15,16)14-7-8-3-2-6-17-8/h1,4-5,8,14H,2-3,6-7H2/t8-/m1/s1. The van der Waals surface area contributed by atoms with Crippen molar-refractivity contribution in [2.75, 3.05) is 13.2 Å². The average molecular weight is 310 g/mol. The predicted molar refractivity (Wildman–Crippen MR) is 70.6 cm³/mol. The van der Waals surface area contributed by atoms with Crippen LogP contribution in [0.25, 0.3) is 0 Å². The van der Waals surface area contributed by atoms with Gasteiger partial charge < -0.3 is 4.74 Å². The molecule has 100 valence electrons. The fourth-order valence-corrected chi connectivity index (χ4v) is 4.03. The minimum atomic E-state index is -3.70. The highest BCUT2D eigenvalue weighted by Crippen LogP contribution is 2.28. The number of benzene rings is 1. The second-order valence-electron chi connectivity index (χ2n) is 4.04. The summed E-state index contributed by atoms with van der Waals surface area (Å²) in [5.74, 6) is 0. The van der Waals surface area contributed by atoms with Gasteiger partial charge >= 0.3 is 0 Å². The Morgan fingerprint density at radius 1 is 1.33 bits per heavy atom. The molecular weight excluding hydrogens is 297 g/mol. The molecule has 0 amide bonds. The lowest BCUT2D eigenvalue weighted by molar-refractivity contribution is 0.114. The molecule has 1 aliphatic rings. The van der Waals surface area contributed by atoms with Crippen molar-refractivity contribution in [2.45, 2.75) is 23.8 Å². The van der Waals surface area contributed by atoms with Crippen molar-refractivity contribution in [3.05, 3.63) is 28.2 Å². The molecule has 1 heterocycles. The Morgan fingerprint density at radius 2 is 2.00 bits per heavy atom. The average Bonchev–Trinajstić information content (AvgIpc) is 2.78. The van der Waals surface area contributed by atoms with Crippen molar-refractivity contribution >= 4 is 33.2 Å². The van der Waals surface area contributed by atoms with Gasteiger partial charge in [0.1, 0.15) is 4.90 Å². The summed E-state index contributed by atoms with van der Waals surface area (Å²) in [4.78, 5) is -0.0775. The molecule has 1 aliphatic heterocycles. The molecular formula is C11H13Cl2NO3S. The second-order valence-corrected chi connectivity index (χ2v) is 6.56. The zero-order valence-electron chi connectivity index (χ0n) is 9.53. The third-order valence-corrected chi connectivity index (χ3v) is 5.09. The maximum absolute atomic E-state index is 12.1. The molecule has 0 radical (unpaired) electrons. The van der Waals surface area contributed by atoms with Crippen LogP contribution in [0, 0.1) is 0 Å². The van der Waals surface area contributed by atoms with Gasteiger partial charge in [-0.25, -0.2) is 13.1 Å². The van der Waals surface area contributed by atoms with Crippen molar-refractivity contribution in [3.63, 3.8) is 0 Å². The molecule has 1 aromatic carbocycles. The van der Waals surface area contributed by atoms with Crippen LogP contribution in [0.5, 0.6) is 0 Å². The summed E-state index contributed by atoms with van der Waals surface area (Å²) < 4.78 is 32.0. The van der Waals surface area contributed by atoms with Crippen LogP contribution in [-0.2, 0) is 14.8 Å². The highest BCUT2D eigenvalue weighted by atomic mass is 35.5. The van der Waals surface area contributed by atoms with Crippen molar-refractivity contribution in [1.29, 1.82) is 0 Å². The number of rotatable bonds is 4. The van der Waals surface area contributed by atoms with E-state index >= 15 is 0 Å². The Morgan fingerprint density at radius 3 is 2.56 bits per heavy atom. The van der Waals surface area contributed by atoms with Gasteiger partial charge in [-0.3, -0.25) is 0 Å². The molecule has 4 nitrogen and oxygen atoms in total. The fourth-order valence-electron chi connectivity index (χ4n) is 1.82.